The van der Waals surface area contributed by atoms with Crippen molar-refractivity contribution in [2.24, 2.45) is 5.41 Å². The summed E-state index contributed by atoms with van der Waals surface area (Å²) in [4.78, 5) is 0. The van der Waals surface area contributed by atoms with Crippen LogP contribution in [0.25, 0.3) is 0 Å². The Morgan fingerprint density at radius 3 is 2.13 bits per heavy atom. The van der Waals surface area contributed by atoms with E-state index in [2.05, 4.69) is 0 Å². The predicted octanol–water partition coefficient (Wildman–Crippen LogP) is 0.297. The average Bonchev–Trinajstić information content (AvgIpc) is 2.47. The molecule has 1 rings (SSSR count). The van der Waals surface area contributed by atoms with Gasteiger partial charge in [0.25, 0.3) is 0 Å². The SMILES string of the molecule is CC1CCCCC(C(CO)(CO)CO)O1. The van der Waals surface area contributed by atoms with E-state index in [4.69, 9.17) is 4.74 Å². The Kier molecular flexibility index (Phi) is 4.99. The van der Waals surface area contributed by atoms with Gasteiger partial charge in [-0.05, 0) is 19.8 Å². The summed E-state index contributed by atoms with van der Waals surface area (Å²) in [7, 11) is 0. The van der Waals surface area contributed by atoms with Crippen LogP contribution in [0.2, 0.25) is 0 Å². The number of hydrogen-bond donors (Lipinski definition) is 3. The summed E-state index contributed by atoms with van der Waals surface area (Å²) < 4.78 is 5.77. The molecule has 3 N–H and O–H groups in total. The lowest BCUT2D eigenvalue weighted by Crippen LogP contribution is -2.47. The number of aliphatic hydroxyl groups excluding tert-OH is 3. The van der Waals surface area contributed by atoms with Gasteiger partial charge in [-0.2, -0.15) is 0 Å². The van der Waals surface area contributed by atoms with E-state index in [9.17, 15) is 15.3 Å². The molecule has 1 heterocycles. The van der Waals surface area contributed by atoms with Crippen molar-refractivity contribution in [2.45, 2.75) is 44.8 Å². The van der Waals surface area contributed by atoms with Crippen molar-refractivity contribution in [3.8, 4) is 0 Å². The van der Waals surface area contributed by atoms with Gasteiger partial charge in [0, 0.05) is 0 Å². The molecule has 0 aromatic heterocycles. The van der Waals surface area contributed by atoms with Gasteiger partial charge in [-0.25, -0.2) is 0 Å². The normalized spacial score (nSPS) is 28.8. The number of aliphatic hydroxyl groups is 3. The van der Waals surface area contributed by atoms with E-state index < -0.39 is 5.41 Å². The third-order valence-corrected chi connectivity index (χ3v) is 3.35. The molecule has 0 amide bonds. The maximum Gasteiger partial charge on any atom is 0.0701 e. The zero-order chi connectivity index (χ0) is 11.3. The first kappa shape index (κ1) is 12.9. The van der Waals surface area contributed by atoms with Gasteiger partial charge >= 0.3 is 0 Å². The maximum absolute atomic E-state index is 9.31. The van der Waals surface area contributed by atoms with Crippen molar-refractivity contribution in [1.29, 1.82) is 0 Å². The molecular formula is C11H22O4. The predicted molar refractivity (Wildman–Crippen MR) is 56.5 cm³/mol. The third-order valence-electron chi connectivity index (χ3n) is 3.35. The van der Waals surface area contributed by atoms with Crippen molar-refractivity contribution < 1.29 is 20.1 Å². The van der Waals surface area contributed by atoms with Crippen LogP contribution in [0.5, 0.6) is 0 Å². The maximum atomic E-state index is 9.31. The summed E-state index contributed by atoms with van der Waals surface area (Å²) in [5.41, 5.74) is -0.890. The van der Waals surface area contributed by atoms with E-state index in [1.807, 2.05) is 6.92 Å². The molecule has 2 atom stereocenters. The number of ether oxygens (including phenoxy) is 1. The molecule has 1 aliphatic heterocycles. The van der Waals surface area contributed by atoms with Gasteiger partial charge in [0.05, 0.1) is 37.4 Å². The lowest BCUT2D eigenvalue weighted by molar-refractivity contribution is -0.131. The molecule has 0 aliphatic carbocycles. The first-order chi connectivity index (χ1) is 7.18. The Bertz CT molecular complexity index is 171. The number of rotatable bonds is 4. The molecule has 0 bridgehead atoms. The highest BCUT2D eigenvalue weighted by Gasteiger charge is 2.39. The Morgan fingerprint density at radius 1 is 1.07 bits per heavy atom. The van der Waals surface area contributed by atoms with Crippen LogP contribution in [0.1, 0.15) is 32.6 Å². The third kappa shape index (κ3) is 2.91. The second-order valence-electron chi connectivity index (χ2n) is 4.56. The minimum absolute atomic E-state index is 0.140. The lowest BCUT2D eigenvalue weighted by Gasteiger charge is -2.36. The molecule has 0 radical (unpaired) electrons. The van der Waals surface area contributed by atoms with E-state index in [1.54, 1.807) is 0 Å². The summed E-state index contributed by atoms with van der Waals surface area (Å²) in [6.45, 7) is 1.28. The van der Waals surface area contributed by atoms with Crippen LogP contribution in [-0.4, -0.2) is 47.3 Å². The van der Waals surface area contributed by atoms with Crippen molar-refractivity contribution in [3.05, 3.63) is 0 Å². The Balaban J connectivity index is 2.72. The Labute approximate surface area is 90.9 Å². The van der Waals surface area contributed by atoms with Crippen LogP contribution in [0.3, 0.4) is 0 Å². The van der Waals surface area contributed by atoms with Crippen LogP contribution in [0, 0.1) is 5.41 Å². The molecule has 0 aromatic rings. The fourth-order valence-corrected chi connectivity index (χ4v) is 2.08. The lowest BCUT2D eigenvalue weighted by atomic mass is 9.82. The average molecular weight is 218 g/mol. The van der Waals surface area contributed by atoms with Gasteiger partial charge in [-0.3, -0.25) is 0 Å². The fraction of sp³-hybridized carbons (Fsp3) is 1.00. The summed E-state index contributed by atoms with van der Waals surface area (Å²) in [5.74, 6) is 0. The van der Waals surface area contributed by atoms with Gasteiger partial charge in [0.1, 0.15) is 0 Å². The summed E-state index contributed by atoms with van der Waals surface area (Å²) in [6.07, 6.45) is 3.84. The zero-order valence-corrected chi connectivity index (χ0v) is 9.35. The van der Waals surface area contributed by atoms with Crippen molar-refractivity contribution >= 4 is 0 Å². The van der Waals surface area contributed by atoms with Gasteiger partial charge in [0.2, 0.25) is 0 Å². The Hall–Kier alpha value is -0.160. The number of hydrogen-bond acceptors (Lipinski definition) is 4. The van der Waals surface area contributed by atoms with Crippen LogP contribution >= 0.6 is 0 Å². The molecule has 1 saturated heterocycles. The highest BCUT2D eigenvalue weighted by atomic mass is 16.5. The van der Waals surface area contributed by atoms with Gasteiger partial charge in [-0.1, -0.05) is 12.8 Å². The molecule has 15 heavy (non-hydrogen) atoms. The van der Waals surface area contributed by atoms with Gasteiger partial charge < -0.3 is 20.1 Å². The standard InChI is InChI=1S/C11H22O4/c1-9-4-2-3-5-10(15-9)11(6-12,7-13)8-14/h9-10,12-14H,2-8H2,1H3. The first-order valence-corrected chi connectivity index (χ1v) is 5.66. The first-order valence-electron chi connectivity index (χ1n) is 5.66. The molecular weight excluding hydrogens is 196 g/mol. The monoisotopic (exact) mass is 218 g/mol. The van der Waals surface area contributed by atoms with Crippen LogP contribution in [0.15, 0.2) is 0 Å². The molecule has 2 unspecified atom stereocenters. The highest BCUT2D eigenvalue weighted by Crippen LogP contribution is 2.31. The molecule has 0 saturated carbocycles. The van der Waals surface area contributed by atoms with Crippen LogP contribution < -0.4 is 0 Å². The van der Waals surface area contributed by atoms with E-state index in [-0.39, 0.29) is 32.0 Å². The van der Waals surface area contributed by atoms with Crippen molar-refractivity contribution in [2.75, 3.05) is 19.8 Å². The van der Waals surface area contributed by atoms with Crippen LogP contribution in [-0.2, 0) is 4.74 Å². The zero-order valence-electron chi connectivity index (χ0n) is 9.35. The topological polar surface area (TPSA) is 69.9 Å². The van der Waals surface area contributed by atoms with E-state index >= 15 is 0 Å². The van der Waals surface area contributed by atoms with Crippen molar-refractivity contribution in [3.63, 3.8) is 0 Å². The highest BCUT2D eigenvalue weighted by molar-refractivity contribution is 4.88. The second kappa shape index (κ2) is 5.80. The summed E-state index contributed by atoms with van der Waals surface area (Å²) >= 11 is 0. The molecule has 4 heteroatoms. The molecule has 90 valence electrons. The molecule has 0 spiro atoms. The summed E-state index contributed by atoms with van der Waals surface area (Å²) in [6, 6.07) is 0. The smallest absolute Gasteiger partial charge is 0.0701 e. The molecule has 4 nitrogen and oxygen atoms in total. The van der Waals surface area contributed by atoms with E-state index in [1.165, 1.54) is 0 Å². The quantitative estimate of drug-likeness (QED) is 0.634. The molecule has 0 aromatic carbocycles. The van der Waals surface area contributed by atoms with E-state index in [0.29, 0.717) is 0 Å². The van der Waals surface area contributed by atoms with Gasteiger partial charge in [0.15, 0.2) is 0 Å². The van der Waals surface area contributed by atoms with E-state index in [0.717, 1.165) is 25.7 Å². The summed E-state index contributed by atoms with van der Waals surface area (Å²) in [5, 5.41) is 27.9. The fourth-order valence-electron chi connectivity index (χ4n) is 2.08. The largest absolute Gasteiger partial charge is 0.396 e. The Morgan fingerprint density at radius 2 is 1.60 bits per heavy atom. The van der Waals surface area contributed by atoms with Crippen molar-refractivity contribution in [1.82, 2.24) is 0 Å². The molecule has 1 fully saturated rings. The minimum atomic E-state index is -0.890. The van der Waals surface area contributed by atoms with Gasteiger partial charge in [-0.15, -0.1) is 0 Å². The minimum Gasteiger partial charge on any atom is -0.396 e. The van der Waals surface area contributed by atoms with Crippen LogP contribution in [0.4, 0.5) is 0 Å². The second-order valence-corrected chi connectivity index (χ2v) is 4.56. The molecule has 1 aliphatic rings.